The first-order valence-corrected chi connectivity index (χ1v) is 8.85. The van der Waals surface area contributed by atoms with E-state index in [0.29, 0.717) is 34.9 Å². The number of hydrogen-bond acceptors (Lipinski definition) is 6. The Hall–Kier alpha value is -2.67. The van der Waals surface area contributed by atoms with Gasteiger partial charge in [-0.3, -0.25) is 4.79 Å². The molecule has 1 fully saturated rings. The largest absolute Gasteiger partial charge is 0.441 e. The van der Waals surface area contributed by atoms with Gasteiger partial charge in [0.25, 0.3) is 0 Å². The number of nitrogens with zero attached hydrogens (tertiary/aromatic N) is 3. The molecule has 1 saturated carbocycles. The molecule has 2 heterocycles. The maximum Gasteiger partial charge on any atom is 0.246 e. The Balaban J connectivity index is 1.27. The number of halogens is 1. The average Bonchev–Trinajstić information content (AvgIpc) is 3.20. The first-order valence-electron chi connectivity index (χ1n) is 8.48. The van der Waals surface area contributed by atoms with Crippen molar-refractivity contribution in [3.63, 3.8) is 0 Å². The van der Waals surface area contributed by atoms with Crippen molar-refractivity contribution >= 4 is 17.5 Å². The molecule has 1 amide bonds. The average molecular weight is 373 g/mol. The van der Waals surface area contributed by atoms with Crippen molar-refractivity contribution < 1.29 is 13.7 Å². The van der Waals surface area contributed by atoms with E-state index in [1.54, 1.807) is 12.3 Å². The molecule has 2 aromatic heterocycles. The summed E-state index contributed by atoms with van der Waals surface area (Å²) in [5.74, 6) is 2.54. The minimum Gasteiger partial charge on any atom is -0.441 e. The lowest BCUT2D eigenvalue weighted by molar-refractivity contribution is -0.121. The second-order valence-electron chi connectivity index (χ2n) is 6.20. The van der Waals surface area contributed by atoms with E-state index in [1.165, 1.54) is 0 Å². The summed E-state index contributed by atoms with van der Waals surface area (Å²) in [5.41, 5.74) is 0.778. The minimum absolute atomic E-state index is 0.131. The lowest BCUT2D eigenvalue weighted by Gasteiger charge is -2.01. The number of hydrogen-bond donors (Lipinski definition) is 1. The SMILES string of the molecule is O=C(CCc1ncc(-c2ccccc2Cl)o1)NCc1nc(C2CC2)no1. The van der Waals surface area contributed by atoms with Gasteiger partial charge in [0.1, 0.15) is 0 Å². The molecule has 1 aliphatic rings. The quantitative estimate of drug-likeness (QED) is 0.682. The van der Waals surface area contributed by atoms with Crippen LogP contribution >= 0.6 is 11.6 Å². The molecule has 1 aromatic carbocycles. The normalized spacial score (nSPS) is 13.7. The van der Waals surface area contributed by atoms with E-state index in [4.69, 9.17) is 20.5 Å². The second kappa shape index (κ2) is 7.29. The van der Waals surface area contributed by atoms with Gasteiger partial charge in [-0.1, -0.05) is 28.9 Å². The smallest absolute Gasteiger partial charge is 0.246 e. The summed E-state index contributed by atoms with van der Waals surface area (Å²) in [6.45, 7) is 0.231. The zero-order valence-electron chi connectivity index (χ0n) is 13.9. The van der Waals surface area contributed by atoms with Crippen LogP contribution in [0.25, 0.3) is 11.3 Å². The predicted molar refractivity (Wildman–Crippen MR) is 93.4 cm³/mol. The van der Waals surface area contributed by atoms with Crippen LogP contribution in [0.5, 0.6) is 0 Å². The van der Waals surface area contributed by atoms with Gasteiger partial charge in [-0.2, -0.15) is 4.98 Å². The molecule has 4 rings (SSSR count). The molecule has 0 radical (unpaired) electrons. The number of carbonyl (C=O) groups excluding carboxylic acids is 1. The molecule has 26 heavy (non-hydrogen) atoms. The molecule has 8 heteroatoms. The van der Waals surface area contributed by atoms with Gasteiger partial charge in [-0.05, 0) is 25.0 Å². The second-order valence-corrected chi connectivity index (χ2v) is 6.60. The van der Waals surface area contributed by atoms with Crippen LogP contribution in [0, 0.1) is 0 Å². The first kappa shape index (κ1) is 16.8. The zero-order valence-corrected chi connectivity index (χ0v) is 14.7. The highest BCUT2D eigenvalue weighted by molar-refractivity contribution is 6.33. The van der Waals surface area contributed by atoms with Crippen molar-refractivity contribution in [3.8, 4) is 11.3 Å². The number of oxazole rings is 1. The van der Waals surface area contributed by atoms with E-state index in [1.807, 2.05) is 18.2 Å². The Labute approximate surface area is 154 Å². The van der Waals surface area contributed by atoms with E-state index in [2.05, 4.69) is 20.4 Å². The predicted octanol–water partition coefficient (Wildman–Crippen LogP) is 3.50. The van der Waals surface area contributed by atoms with Gasteiger partial charge in [0.05, 0.1) is 17.8 Å². The summed E-state index contributed by atoms with van der Waals surface area (Å²) >= 11 is 6.15. The summed E-state index contributed by atoms with van der Waals surface area (Å²) in [6.07, 6.45) is 4.49. The van der Waals surface area contributed by atoms with E-state index < -0.39 is 0 Å². The summed E-state index contributed by atoms with van der Waals surface area (Å²) in [7, 11) is 0. The molecule has 0 spiro atoms. The van der Waals surface area contributed by atoms with E-state index in [9.17, 15) is 4.79 Å². The van der Waals surface area contributed by atoms with Gasteiger partial charge in [0.2, 0.25) is 11.8 Å². The van der Waals surface area contributed by atoms with Gasteiger partial charge in [0, 0.05) is 24.3 Å². The van der Waals surface area contributed by atoms with E-state index in [-0.39, 0.29) is 18.9 Å². The number of aryl methyl sites for hydroxylation is 1. The fraction of sp³-hybridized carbons (Fsp3) is 0.333. The fourth-order valence-electron chi connectivity index (χ4n) is 2.54. The highest BCUT2D eigenvalue weighted by Crippen LogP contribution is 2.38. The third-order valence-electron chi connectivity index (χ3n) is 4.12. The number of rotatable bonds is 7. The standard InChI is InChI=1S/C18H17ClN4O3/c19-13-4-2-1-3-12(13)14-9-21-16(25-14)8-7-15(24)20-10-17-22-18(23-26-17)11-5-6-11/h1-4,9,11H,5-8,10H2,(H,20,24). The zero-order chi connectivity index (χ0) is 17.9. The summed E-state index contributed by atoms with van der Waals surface area (Å²) in [4.78, 5) is 20.5. The Kier molecular flexibility index (Phi) is 4.71. The van der Waals surface area contributed by atoms with Crippen LogP contribution in [0.1, 0.15) is 42.8 Å². The van der Waals surface area contributed by atoms with E-state index in [0.717, 1.165) is 24.2 Å². The van der Waals surface area contributed by atoms with Crippen molar-refractivity contribution in [1.29, 1.82) is 0 Å². The number of aromatic nitrogens is 3. The molecule has 0 saturated heterocycles. The van der Waals surface area contributed by atoms with Crippen molar-refractivity contribution in [2.24, 2.45) is 0 Å². The highest BCUT2D eigenvalue weighted by Gasteiger charge is 2.28. The lowest BCUT2D eigenvalue weighted by atomic mass is 10.2. The monoisotopic (exact) mass is 372 g/mol. The molecule has 3 aromatic rings. The Morgan fingerprint density at radius 3 is 2.92 bits per heavy atom. The summed E-state index contributed by atoms with van der Waals surface area (Å²) in [5, 5.41) is 7.27. The molecule has 0 unspecified atom stereocenters. The molecular formula is C18H17ClN4O3. The Morgan fingerprint density at radius 2 is 2.12 bits per heavy atom. The fourth-order valence-corrected chi connectivity index (χ4v) is 2.77. The molecule has 7 nitrogen and oxygen atoms in total. The van der Waals surface area contributed by atoms with Gasteiger partial charge in [-0.25, -0.2) is 4.98 Å². The van der Waals surface area contributed by atoms with E-state index >= 15 is 0 Å². The van der Waals surface area contributed by atoms with Gasteiger partial charge in [0.15, 0.2) is 17.5 Å². The van der Waals surface area contributed by atoms with Crippen LogP contribution < -0.4 is 5.32 Å². The van der Waals surface area contributed by atoms with Crippen molar-refractivity contribution in [3.05, 3.63) is 53.1 Å². The van der Waals surface area contributed by atoms with Crippen LogP contribution in [-0.2, 0) is 17.8 Å². The summed E-state index contributed by atoms with van der Waals surface area (Å²) < 4.78 is 10.8. The minimum atomic E-state index is -0.131. The lowest BCUT2D eigenvalue weighted by Crippen LogP contribution is -2.23. The van der Waals surface area contributed by atoms with Crippen LogP contribution in [0.2, 0.25) is 5.02 Å². The molecule has 0 bridgehead atoms. The Bertz CT molecular complexity index is 917. The highest BCUT2D eigenvalue weighted by atomic mass is 35.5. The van der Waals surface area contributed by atoms with Gasteiger partial charge in [-0.15, -0.1) is 0 Å². The van der Waals surface area contributed by atoms with Crippen LogP contribution in [0.15, 0.2) is 39.4 Å². The molecule has 1 N–H and O–H groups in total. The van der Waals surface area contributed by atoms with Crippen molar-refractivity contribution in [2.45, 2.75) is 38.1 Å². The number of amides is 1. The summed E-state index contributed by atoms with van der Waals surface area (Å²) in [6, 6.07) is 7.38. The third-order valence-corrected chi connectivity index (χ3v) is 4.45. The molecule has 134 valence electrons. The maximum absolute atomic E-state index is 12.0. The van der Waals surface area contributed by atoms with Crippen LogP contribution in [0.4, 0.5) is 0 Å². The first-order chi connectivity index (χ1) is 12.7. The molecule has 0 aliphatic heterocycles. The molecule has 1 aliphatic carbocycles. The third kappa shape index (κ3) is 3.94. The Morgan fingerprint density at radius 1 is 1.27 bits per heavy atom. The maximum atomic E-state index is 12.0. The topological polar surface area (TPSA) is 94.1 Å². The number of benzene rings is 1. The molecule has 0 atom stereocenters. The van der Waals surface area contributed by atoms with Crippen LogP contribution in [-0.4, -0.2) is 21.0 Å². The van der Waals surface area contributed by atoms with Gasteiger partial charge < -0.3 is 14.3 Å². The number of carbonyl (C=O) groups is 1. The van der Waals surface area contributed by atoms with Crippen molar-refractivity contribution in [1.82, 2.24) is 20.4 Å². The number of nitrogens with one attached hydrogen (secondary N) is 1. The molecular weight excluding hydrogens is 356 g/mol. The van der Waals surface area contributed by atoms with Crippen LogP contribution in [0.3, 0.4) is 0 Å². The van der Waals surface area contributed by atoms with Crippen molar-refractivity contribution in [2.75, 3.05) is 0 Å². The van der Waals surface area contributed by atoms with Gasteiger partial charge >= 0.3 is 0 Å².